The zero-order valence-corrected chi connectivity index (χ0v) is 11.5. The Morgan fingerprint density at radius 2 is 2.11 bits per heavy atom. The van der Waals surface area contributed by atoms with Crippen LogP contribution in [0.5, 0.6) is 0 Å². The van der Waals surface area contributed by atoms with Crippen LogP contribution in [0.4, 0.5) is 0 Å². The van der Waals surface area contributed by atoms with E-state index in [1.54, 1.807) is 6.07 Å². The minimum atomic E-state index is -0.357. The summed E-state index contributed by atoms with van der Waals surface area (Å²) in [5.41, 5.74) is 12.9. The number of nitrogens with two attached hydrogens (primary N) is 2. The first-order valence-corrected chi connectivity index (χ1v) is 6.97. The van der Waals surface area contributed by atoms with Crippen LogP contribution in [0.1, 0.15) is 42.1 Å². The molecule has 0 aromatic heterocycles. The zero-order valence-electron chi connectivity index (χ0n) is 11.5. The molecule has 4 nitrogen and oxygen atoms in total. The maximum absolute atomic E-state index is 11.5. The minimum Gasteiger partial charge on any atom is -0.366 e. The van der Waals surface area contributed by atoms with Crippen LogP contribution in [-0.4, -0.2) is 29.4 Å². The van der Waals surface area contributed by atoms with Gasteiger partial charge in [-0.15, -0.1) is 0 Å². The molecule has 19 heavy (non-hydrogen) atoms. The van der Waals surface area contributed by atoms with Crippen molar-refractivity contribution in [3.05, 3.63) is 35.4 Å². The van der Waals surface area contributed by atoms with Crippen LogP contribution in [0.2, 0.25) is 0 Å². The van der Waals surface area contributed by atoms with Crippen LogP contribution in [0.25, 0.3) is 0 Å². The number of hydrogen-bond acceptors (Lipinski definition) is 3. The Balaban J connectivity index is 2.21. The summed E-state index contributed by atoms with van der Waals surface area (Å²) in [6, 6.07) is 8.49. The molecule has 0 bridgehead atoms. The van der Waals surface area contributed by atoms with Gasteiger partial charge in [0.15, 0.2) is 0 Å². The van der Waals surface area contributed by atoms with E-state index in [1.165, 1.54) is 12.8 Å². The van der Waals surface area contributed by atoms with E-state index in [0.717, 1.165) is 18.5 Å². The van der Waals surface area contributed by atoms with E-state index in [-0.39, 0.29) is 5.91 Å². The number of rotatable bonds is 4. The van der Waals surface area contributed by atoms with Crippen molar-refractivity contribution in [3.63, 3.8) is 0 Å². The highest BCUT2D eigenvalue weighted by molar-refractivity contribution is 5.94. The molecule has 1 aromatic carbocycles. The van der Waals surface area contributed by atoms with Gasteiger partial charge in [0.2, 0.25) is 5.91 Å². The quantitative estimate of drug-likeness (QED) is 0.862. The molecular weight excluding hydrogens is 238 g/mol. The van der Waals surface area contributed by atoms with Crippen molar-refractivity contribution in [2.45, 2.75) is 44.8 Å². The molecule has 104 valence electrons. The summed E-state index contributed by atoms with van der Waals surface area (Å²) in [5.74, 6) is -0.357. The molecule has 1 aromatic rings. The average Bonchev–Trinajstić information content (AvgIpc) is 2.41. The minimum absolute atomic E-state index is 0.357. The Labute approximate surface area is 114 Å². The first kappa shape index (κ1) is 14.0. The van der Waals surface area contributed by atoms with Gasteiger partial charge in [-0.3, -0.25) is 9.69 Å². The molecule has 0 aliphatic carbocycles. The van der Waals surface area contributed by atoms with Gasteiger partial charge >= 0.3 is 0 Å². The summed E-state index contributed by atoms with van der Waals surface area (Å²) in [5, 5.41) is 0. The van der Waals surface area contributed by atoms with E-state index in [9.17, 15) is 4.79 Å². The molecule has 2 unspecified atom stereocenters. The summed E-state index contributed by atoms with van der Waals surface area (Å²) in [6.07, 6.45) is 3.56. The molecule has 1 saturated heterocycles. The number of likely N-dealkylation sites (tertiary alicyclic amines) is 1. The average molecular weight is 261 g/mol. The van der Waals surface area contributed by atoms with Crippen molar-refractivity contribution in [1.29, 1.82) is 0 Å². The lowest BCUT2D eigenvalue weighted by atomic mass is 9.95. The number of carbonyl (C=O) groups is 1. The smallest absolute Gasteiger partial charge is 0.249 e. The fourth-order valence-electron chi connectivity index (χ4n) is 2.97. The maximum atomic E-state index is 11.5. The fourth-order valence-corrected chi connectivity index (χ4v) is 2.97. The second kappa shape index (κ2) is 6.17. The summed E-state index contributed by atoms with van der Waals surface area (Å²) in [6.45, 7) is 3.65. The summed E-state index contributed by atoms with van der Waals surface area (Å²) in [7, 11) is 0. The monoisotopic (exact) mass is 261 g/mol. The van der Waals surface area contributed by atoms with Gasteiger partial charge in [0.1, 0.15) is 0 Å². The largest absolute Gasteiger partial charge is 0.366 e. The lowest BCUT2D eigenvalue weighted by Crippen LogP contribution is -2.48. The van der Waals surface area contributed by atoms with E-state index in [4.69, 9.17) is 11.5 Å². The van der Waals surface area contributed by atoms with Crippen molar-refractivity contribution >= 4 is 5.91 Å². The third-order valence-electron chi connectivity index (χ3n) is 4.10. The van der Waals surface area contributed by atoms with Gasteiger partial charge < -0.3 is 11.5 Å². The molecule has 2 rings (SSSR count). The predicted molar refractivity (Wildman–Crippen MR) is 76.7 cm³/mol. The zero-order chi connectivity index (χ0) is 13.8. The van der Waals surface area contributed by atoms with Gasteiger partial charge in [0.05, 0.1) is 0 Å². The summed E-state index contributed by atoms with van der Waals surface area (Å²) < 4.78 is 0. The second-order valence-electron chi connectivity index (χ2n) is 5.36. The molecule has 1 amide bonds. The normalized spacial score (nSPS) is 24.3. The van der Waals surface area contributed by atoms with E-state index in [2.05, 4.69) is 11.8 Å². The van der Waals surface area contributed by atoms with Crippen LogP contribution in [0.15, 0.2) is 24.3 Å². The van der Waals surface area contributed by atoms with Crippen molar-refractivity contribution in [2.75, 3.05) is 6.54 Å². The van der Waals surface area contributed by atoms with Gasteiger partial charge in [-0.05, 0) is 31.4 Å². The molecule has 0 spiro atoms. The van der Waals surface area contributed by atoms with E-state index >= 15 is 0 Å². The number of primary amides is 1. The second-order valence-corrected chi connectivity index (χ2v) is 5.36. The Morgan fingerprint density at radius 3 is 2.79 bits per heavy atom. The Morgan fingerprint density at radius 1 is 1.37 bits per heavy atom. The molecule has 1 aliphatic rings. The summed E-state index contributed by atoms with van der Waals surface area (Å²) >= 11 is 0. The standard InChI is InChI=1S/C15H23N3O/c1-11-5-4-7-13(9-16)18(11)10-12-6-2-3-8-14(12)15(17)19/h2-3,6,8,11,13H,4-5,7,9-10,16H2,1H3,(H2,17,19). The Bertz CT molecular complexity index is 447. The molecule has 2 atom stereocenters. The molecule has 1 fully saturated rings. The number of carbonyl (C=O) groups excluding carboxylic acids is 1. The third-order valence-corrected chi connectivity index (χ3v) is 4.10. The van der Waals surface area contributed by atoms with E-state index in [0.29, 0.717) is 24.2 Å². The van der Waals surface area contributed by atoms with Crippen LogP contribution < -0.4 is 11.5 Å². The highest BCUT2D eigenvalue weighted by Crippen LogP contribution is 2.25. The Hall–Kier alpha value is -1.39. The molecular formula is C15H23N3O. The molecule has 1 heterocycles. The SMILES string of the molecule is CC1CCCC(CN)N1Cc1ccccc1C(N)=O. The molecule has 4 N–H and O–H groups in total. The number of hydrogen-bond donors (Lipinski definition) is 2. The number of piperidine rings is 1. The van der Waals surface area contributed by atoms with Crippen molar-refractivity contribution < 1.29 is 4.79 Å². The molecule has 4 heteroatoms. The molecule has 0 saturated carbocycles. The number of benzene rings is 1. The van der Waals surface area contributed by atoms with Crippen LogP contribution in [0, 0.1) is 0 Å². The number of nitrogens with zero attached hydrogens (tertiary/aromatic N) is 1. The Kier molecular flexibility index (Phi) is 4.56. The molecule has 1 aliphatic heterocycles. The van der Waals surface area contributed by atoms with Crippen molar-refractivity contribution in [1.82, 2.24) is 4.90 Å². The van der Waals surface area contributed by atoms with Crippen molar-refractivity contribution in [3.8, 4) is 0 Å². The highest BCUT2D eigenvalue weighted by Gasteiger charge is 2.27. The van der Waals surface area contributed by atoms with E-state index < -0.39 is 0 Å². The first-order chi connectivity index (χ1) is 9.13. The maximum Gasteiger partial charge on any atom is 0.249 e. The van der Waals surface area contributed by atoms with Crippen LogP contribution >= 0.6 is 0 Å². The summed E-state index contributed by atoms with van der Waals surface area (Å²) in [4.78, 5) is 13.9. The lowest BCUT2D eigenvalue weighted by Gasteiger charge is -2.40. The van der Waals surface area contributed by atoms with Gasteiger partial charge in [0.25, 0.3) is 0 Å². The van der Waals surface area contributed by atoms with Crippen molar-refractivity contribution in [2.24, 2.45) is 11.5 Å². The predicted octanol–water partition coefficient (Wildman–Crippen LogP) is 1.49. The third kappa shape index (κ3) is 3.14. The van der Waals surface area contributed by atoms with Gasteiger partial charge in [-0.2, -0.15) is 0 Å². The molecule has 0 radical (unpaired) electrons. The number of amides is 1. The highest BCUT2D eigenvalue weighted by atomic mass is 16.1. The van der Waals surface area contributed by atoms with E-state index in [1.807, 2.05) is 18.2 Å². The fraction of sp³-hybridized carbons (Fsp3) is 0.533. The topological polar surface area (TPSA) is 72.3 Å². The van der Waals surface area contributed by atoms with Gasteiger partial charge in [-0.25, -0.2) is 0 Å². The van der Waals surface area contributed by atoms with Gasteiger partial charge in [0, 0.05) is 30.7 Å². The first-order valence-electron chi connectivity index (χ1n) is 6.97. The van der Waals surface area contributed by atoms with Crippen LogP contribution in [0.3, 0.4) is 0 Å². The lowest BCUT2D eigenvalue weighted by molar-refractivity contribution is 0.0876. The van der Waals surface area contributed by atoms with Gasteiger partial charge in [-0.1, -0.05) is 24.6 Å². The van der Waals surface area contributed by atoms with Crippen LogP contribution in [-0.2, 0) is 6.54 Å².